The Morgan fingerprint density at radius 1 is 1.12 bits per heavy atom. The molecule has 6 nitrogen and oxygen atoms in total. The molecular weight excluding hydrogens is 450 g/mol. The van der Waals surface area contributed by atoms with E-state index in [2.05, 4.69) is 5.32 Å². The van der Waals surface area contributed by atoms with E-state index < -0.39 is 5.54 Å². The Hall–Kier alpha value is -2.99. The van der Waals surface area contributed by atoms with Crippen LogP contribution in [0, 0.1) is 0 Å². The maximum absolute atomic E-state index is 13.9. The lowest BCUT2D eigenvalue weighted by molar-refractivity contribution is -0.134. The second kappa shape index (κ2) is 8.99. The zero-order valence-electron chi connectivity index (χ0n) is 19.6. The van der Waals surface area contributed by atoms with Crippen molar-refractivity contribution in [3.05, 3.63) is 64.8 Å². The van der Waals surface area contributed by atoms with E-state index in [-0.39, 0.29) is 17.9 Å². The van der Waals surface area contributed by atoms with E-state index in [0.29, 0.717) is 23.8 Å². The molecule has 1 saturated carbocycles. The molecule has 7 heteroatoms. The largest absolute Gasteiger partial charge is 0.497 e. The van der Waals surface area contributed by atoms with Gasteiger partial charge in [-0.05, 0) is 55.7 Å². The van der Waals surface area contributed by atoms with E-state index in [0.717, 1.165) is 47.9 Å². The fourth-order valence-electron chi connectivity index (χ4n) is 5.27. The van der Waals surface area contributed by atoms with Gasteiger partial charge in [-0.25, -0.2) is 0 Å². The van der Waals surface area contributed by atoms with Gasteiger partial charge in [0.1, 0.15) is 17.0 Å². The molecule has 0 spiro atoms. The van der Waals surface area contributed by atoms with Crippen molar-refractivity contribution >= 4 is 34.3 Å². The summed E-state index contributed by atoms with van der Waals surface area (Å²) in [5.41, 5.74) is 1.36. The third kappa shape index (κ3) is 4.05. The van der Waals surface area contributed by atoms with Crippen LogP contribution in [0.5, 0.6) is 5.75 Å². The second-order valence-electron chi connectivity index (χ2n) is 9.64. The van der Waals surface area contributed by atoms with Crippen LogP contribution in [0.15, 0.2) is 48.5 Å². The first-order valence-corrected chi connectivity index (χ1v) is 12.3. The summed E-state index contributed by atoms with van der Waals surface area (Å²) in [5, 5.41) is 4.87. The van der Waals surface area contributed by atoms with Crippen molar-refractivity contribution in [1.82, 2.24) is 14.8 Å². The van der Waals surface area contributed by atoms with Gasteiger partial charge in [0, 0.05) is 29.1 Å². The number of nitrogens with zero attached hydrogens (tertiary/aromatic N) is 2. The number of hydrogen-bond donors (Lipinski definition) is 1. The molecule has 1 aliphatic heterocycles. The third-order valence-corrected chi connectivity index (χ3v) is 7.57. The molecule has 2 heterocycles. The lowest BCUT2D eigenvalue weighted by Crippen LogP contribution is -2.64. The lowest BCUT2D eigenvalue weighted by atomic mass is 9.91. The average molecular weight is 480 g/mol. The van der Waals surface area contributed by atoms with E-state index in [9.17, 15) is 9.59 Å². The fraction of sp³-hybridized carbons (Fsp3) is 0.407. The van der Waals surface area contributed by atoms with Gasteiger partial charge in [0.05, 0.1) is 19.2 Å². The van der Waals surface area contributed by atoms with Crippen molar-refractivity contribution in [2.24, 2.45) is 0 Å². The first-order valence-electron chi connectivity index (χ1n) is 11.9. The minimum absolute atomic E-state index is 0.0999. The Morgan fingerprint density at radius 3 is 2.56 bits per heavy atom. The van der Waals surface area contributed by atoms with Gasteiger partial charge >= 0.3 is 0 Å². The maximum atomic E-state index is 13.9. The molecule has 1 aromatic heterocycles. The minimum atomic E-state index is -1.05. The Bertz CT molecular complexity index is 1230. The first kappa shape index (κ1) is 22.8. The molecule has 0 radical (unpaired) electrons. The summed E-state index contributed by atoms with van der Waals surface area (Å²) in [6.07, 6.45) is 5.44. The van der Waals surface area contributed by atoms with Gasteiger partial charge in [-0.3, -0.25) is 9.59 Å². The van der Waals surface area contributed by atoms with Crippen LogP contribution in [-0.4, -0.2) is 40.0 Å². The first-order chi connectivity index (χ1) is 16.4. The van der Waals surface area contributed by atoms with Crippen molar-refractivity contribution in [3.8, 4) is 5.75 Å². The molecule has 2 aliphatic rings. The molecule has 1 atom stereocenters. The molecule has 1 aliphatic carbocycles. The number of halogens is 1. The van der Waals surface area contributed by atoms with Crippen LogP contribution >= 0.6 is 11.6 Å². The van der Waals surface area contributed by atoms with Crippen molar-refractivity contribution in [2.75, 3.05) is 7.11 Å². The molecule has 34 heavy (non-hydrogen) atoms. The van der Waals surface area contributed by atoms with Crippen LogP contribution in [0.4, 0.5) is 0 Å². The van der Waals surface area contributed by atoms with Crippen LogP contribution in [0.2, 0.25) is 5.02 Å². The number of nitrogens with one attached hydrogen (secondary N) is 1. The van der Waals surface area contributed by atoms with E-state index in [1.165, 1.54) is 6.42 Å². The highest BCUT2D eigenvalue weighted by molar-refractivity contribution is 6.30. The van der Waals surface area contributed by atoms with E-state index >= 15 is 0 Å². The molecule has 1 fully saturated rings. The standard InChI is InChI=1S/C27H30ClN3O3/c1-27(26(33)29-21-6-4-3-5-7-21)17-30-23-15-22(34-2)13-10-19(23)14-24(30)25(32)31(27)16-18-8-11-20(28)12-9-18/h8-15,21H,3-7,16-17H2,1-2H3,(H,29,33)/t27-/m0/s1. The fourth-order valence-corrected chi connectivity index (χ4v) is 5.39. The molecule has 3 aromatic rings. The van der Waals surface area contributed by atoms with Gasteiger partial charge in [-0.2, -0.15) is 0 Å². The highest BCUT2D eigenvalue weighted by Gasteiger charge is 2.48. The zero-order valence-corrected chi connectivity index (χ0v) is 20.4. The van der Waals surface area contributed by atoms with Gasteiger partial charge < -0.3 is 19.5 Å². The van der Waals surface area contributed by atoms with Gasteiger partial charge in [0.15, 0.2) is 0 Å². The Kier molecular flexibility index (Phi) is 6.02. The van der Waals surface area contributed by atoms with Gasteiger partial charge in [0.25, 0.3) is 5.91 Å². The number of rotatable bonds is 5. The molecule has 0 bridgehead atoms. The average Bonchev–Trinajstić information content (AvgIpc) is 3.21. The van der Waals surface area contributed by atoms with Crippen LogP contribution in [0.1, 0.15) is 55.1 Å². The Balaban J connectivity index is 1.56. The molecule has 0 saturated heterocycles. The highest BCUT2D eigenvalue weighted by Crippen LogP contribution is 2.35. The highest BCUT2D eigenvalue weighted by atomic mass is 35.5. The monoisotopic (exact) mass is 479 g/mol. The quantitative estimate of drug-likeness (QED) is 0.549. The Morgan fingerprint density at radius 2 is 1.85 bits per heavy atom. The number of amides is 2. The number of fused-ring (bicyclic) bond motifs is 3. The number of aromatic nitrogens is 1. The molecule has 5 rings (SSSR count). The maximum Gasteiger partial charge on any atom is 0.271 e. The number of carbonyl (C=O) groups excluding carboxylic acids is 2. The number of ether oxygens (including phenoxy) is 1. The van der Waals surface area contributed by atoms with Crippen molar-refractivity contribution in [2.45, 2.75) is 63.7 Å². The van der Waals surface area contributed by atoms with E-state index in [1.54, 1.807) is 12.0 Å². The van der Waals surface area contributed by atoms with Crippen LogP contribution < -0.4 is 10.1 Å². The minimum Gasteiger partial charge on any atom is -0.497 e. The normalized spacial score (nSPS) is 20.9. The summed E-state index contributed by atoms with van der Waals surface area (Å²) in [4.78, 5) is 29.4. The summed E-state index contributed by atoms with van der Waals surface area (Å²) in [5.74, 6) is 0.465. The van der Waals surface area contributed by atoms with Gasteiger partial charge in [-0.15, -0.1) is 0 Å². The number of carbonyl (C=O) groups is 2. The molecule has 2 amide bonds. The summed E-state index contributed by atoms with van der Waals surface area (Å²) in [6.45, 7) is 2.58. The summed E-state index contributed by atoms with van der Waals surface area (Å²) in [7, 11) is 1.63. The lowest BCUT2D eigenvalue weighted by Gasteiger charge is -2.45. The smallest absolute Gasteiger partial charge is 0.271 e. The molecular formula is C27H30ClN3O3. The predicted molar refractivity (Wildman–Crippen MR) is 133 cm³/mol. The Labute approximate surface area is 204 Å². The molecule has 1 N–H and O–H groups in total. The summed E-state index contributed by atoms with van der Waals surface area (Å²) in [6, 6.07) is 15.3. The number of hydrogen-bond acceptors (Lipinski definition) is 3. The molecule has 2 aromatic carbocycles. The van der Waals surface area contributed by atoms with Gasteiger partial charge in [-0.1, -0.05) is 43.0 Å². The van der Waals surface area contributed by atoms with Crippen molar-refractivity contribution in [1.29, 1.82) is 0 Å². The van der Waals surface area contributed by atoms with Crippen LogP contribution in [-0.2, 0) is 17.9 Å². The van der Waals surface area contributed by atoms with Gasteiger partial charge in [0.2, 0.25) is 5.91 Å². The topological polar surface area (TPSA) is 63.6 Å². The number of benzene rings is 2. The summed E-state index contributed by atoms with van der Waals surface area (Å²) < 4.78 is 7.39. The molecule has 178 valence electrons. The van der Waals surface area contributed by atoms with E-state index in [4.69, 9.17) is 16.3 Å². The van der Waals surface area contributed by atoms with E-state index in [1.807, 2.05) is 60.0 Å². The van der Waals surface area contributed by atoms with Crippen LogP contribution in [0.25, 0.3) is 10.9 Å². The summed E-state index contributed by atoms with van der Waals surface area (Å²) >= 11 is 6.08. The second-order valence-corrected chi connectivity index (χ2v) is 10.1. The third-order valence-electron chi connectivity index (χ3n) is 7.32. The van der Waals surface area contributed by atoms with Crippen molar-refractivity contribution < 1.29 is 14.3 Å². The van der Waals surface area contributed by atoms with Crippen molar-refractivity contribution in [3.63, 3.8) is 0 Å². The predicted octanol–water partition coefficient (Wildman–Crippen LogP) is 5.17. The SMILES string of the molecule is COc1ccc2cc3n(c2c1)C[C@@](C)(C(=O)NC1CCCCC1)N(Cc1ccc(Cl)cc1)C3=O. The van der Waals surface area contributed by atoms with Crippen LogP contribution in [0.3, 0.4) is 0 Å². The number of methoxy groups -OCH3 is 1. The molecule has 0 unspecified atom stereocenters. The zero-order chi connectivity index (χ0) is 23.9.